The molecule has 0 aliphatic carbocycles. The van der Waals surface area contributed by atoms with E-state index >= 15 is 0 Å². The van der Waals surface area contributed by atoms with Gasteiger partial charge in [-0.05, 0) is 48.2 Å². The van der Waals surface area contributed by atoms with Crippen LogP contribution in [0.3, 0.4) is 0 Å². The van der Waals surface area contributed by atoms with Crippen molar-refractivity contribution in [3.05, 3.63) is 84.1 Å². The van der Waals surface area contributed by atoms with Gasteiger partial charge in [0.15, 0.2) is 0 Å². The lowest BCUT2D eigenvalue weighted by Crippen LogP contribution is -2.27. The molecule has 0 saturated carbocycles. The molecule has 0 bridgehead atoms. The molecule has 0 N–H and O–H groups in total. The quantitative estimate of drug-likeness (QED) is 0.612. The van der Waals surface area contributed by atoms with E-state index in [0.717, 1.165) is 35.0 Å². The fourth-order valence-electron chi connectivity index (χ4n) is 3.34. The molecule has 26 heavy (non-hydrogen) atoms. The average Bonchev–Trinajstić information content (AvgIpc) is 2.85. The summed E-state index contributed by atoms with van der Waals surface area (Å²) in [6.07, 6.45) is 4.18. The van der Waals surface area contributed by atoms with E-state index in [2.05, 4.69) is 41.4 Å². The van der Waals surface area contributed by atoms with E-state index < -0.39 is 0 Å². The van der Waals surface area contributed by atoms with Crippen molar-refractivity contribution < 1.29 is 4.79 Å². The Morgan fingerprint density at radius 1 is 0.885 bits per heavy atom. The highest BCUT2D eigenvalue weighted by Crippen LogP contribution is 2.36. The highest BCUT2D eigenvalue weighted by atomic mass is 32.2. The number of carbonyl (C=O) groups excluding carboxylic acids is 1. The number of rotatable bonds is 4. The van der Waals surface area contributed by atoms with Gasteiger partial charge in [0, 0.05) is 18.4 Å². The van der Waals surface area contributed by atoms with Gasteiger partial charge in [0.1, 0.15) is 0 Å². The summed E-state index contributed by atoms with van der Waals surface area (Å²) in [4.78, 5) is 19.4. The average molecular weight is 360 g/mol. The third-order valence-electron chi connectivity index (χ3n) is 4.58. The van der Waals surface area contributed by atoms with E-state index in [9.17, 15) is 4.79 Å². The molecule has 1 aliphatic rings. The summed E-state index contributed by atoms with van der Waals surface area (Å²) in [7, 11) is 0. The topological polar surface area (TPSA) is 33.2 Å². The molecule has 0 unspecified atom stereocenters. The molecule has 0 radical (unpaired) electrons. The van der Waals surface area contributed by atoms with Crippen LogP contribution in [0.25, 0.3) is 0 Å². The number of pyridine rings is 1. The summed E-state index contributed by atoms with van der Waals surface area (Å²) in [5.74, 6) is 0.853. The van der Waals surface area contributed by atoms with Crippen molar-refractivity contribution in [3.63, 3.8) is 0 Å². The Morgan fingerprint density at radius 3 is 2.12 bits per heavy atom. The number of nitrogens with zero attached hydrogens (tertiary/aromatic N) is 2. The first-order valence-electron chi connectivity index (χ1n) is 8.85. The van der Waals surface area contributed by atoms with Gasteiger partial charge in [0.2, 0.25) is 5.91 Å². The Balaban J connectivity index is 1.59. The number of fused-ring (bicyclic) bond motifs is 2. The summed E-state index contributed by atoms with van der Waals surface area (Å²) in [6.45, 7) is 0. The molecule has 1 amide bonds. The zero-order valence-electron chi connectivity index (χ0n) is 14.5. The second-order valence-electron chi connectivity index (χ2n) is 6.25. The largest absolute Gasteiger partial charge is 0.280 e. The smallest absolute Gasteiger partial charge is 0.232 e. The molecule has 0 saturated heterocycles. The molecular weight excluding hydrogens is 340 g/mol. The van der Waals surface area contributed by atoms with Crippen LogP contribution in [0.2, 0.25) is 0 Å². The maximum Gasteiger partial charge on any atom is 0.232 e. The van der Waals surface area contributed by atoms with Gasteiger partial charge in [0.05, 0.1) is 16.4 Å². The van der Waals surface area contributed by atoms with Crippen LogP contribution in [0.15, 0.2) is 78.0 Å². The number of thioether (sulfide) groups is 1. The van der Waals surface area contributed by atoms with Crippen molar-refractivity contribution in [2.75, 3.05) is 10.7 Å². The third kappa shape index (κ3) is 3.51. The van der Waals surface area contributed by atoms with Gasteiger partial charge in [-0.25, -0.2) is 4.98 Å². The van der Waals surface area contributed by atoms with E-state index in [1.807, 2.05) is 35.2 Å². The molecule has 4 rings (SSSR count). The highest BCUT2D eigenvalue weighted by molar-refractivity contribution is 7.99. The van der Waals surface area contributed by atoms with Gasteiger partial charge < -0.3 is 0 Å². The number of anilines is 2. The second kappa shape index (κ2) is 7.75. The number of amides is 1. The number of hydrogen-bond acceptors (Lipinski definition) is 3. The molecule has 130 valence electrons. The molecule has 4 heteroatoms. The van der Waals surface area contributed by atoms with Crippen molar-refractivity contribution >= 4 is 29.0 Å². The number of hydrogen-bond donors (Lipinski definition) is 0. The van der Waals surface area contributed by atoms with Gasteiger partial charge in [-0.1, -0.05) is 42.5 Å². The van der Waals surface area contributed by atoms with Gasteiger partial charge in [-0.15, -0.1) is 11.8 Å². The molecule has 0 spiro atoms. The summed E-state index contributed by atoms with van der Waals surface area (Å²) in [5, 5.41) is 0.956. The standard InChI is InChI=1S/C22H20N2OS/c25-22(14-16-26-21-11-5-6-15-23-21)24-19-9-3-1-7-17(19)12-13-18-8-2-4-10-20(18)24/h1-11,15H,12-14,16H2. The SMILES string of the molecule is O=C(CCSc1ccccn1)N1c2ccccc2CCc2ccccc21. The Hall–Kier alpha value is -2.59. The zero-order valence-corrected chi connectivity index (χ0v) is 15.3. The van der Waals surface area contributed by atoms with Gasteiger partial charge >= 0.3 is 0 Å². The van der Waals surface area contributed by atoms with Crippen molar-refractivity contribution in [2.45, 2.75) is 24.3 Å². The number of benzene rings is 2. The molecule has 0 atom stereocenters. The zero-order chi connectivity index (χ0) is 17.8. The predicted octanol–water partition coefficient (Wildman–Crippen LogP) is 5.03. The first kappa shape index (κ1) is 16.9. The molecule has 2 aromatic carbocycles. The van der Waals surface area contributed by atoms with Crippen LogP contribution in [-0.2, 0) is 17.6 Å². The molecule has 3 aromatic rings. The fourth-order valence-corrected chi connectivity index (χ4v) is 4.13. The Bertz CT molecular complexity index is 863. The van der Waals surface area contributed by atoms with E-state index in [1.165, 1.54) is 11.1 Å². The molecular formula is C22H20N2OS. The predicted molar refractivity (Wildman–Crippen MR) is 107 cm³/mol. The summed E-state index contributed by atoms with van der Waals surface area (Å²) >= 11 is 1.62. The minimum Gasteiger partial charge on any atom is -0.280 e. The van der Waals surface area contributed by atoms with Crippen molar-refractivity contribution in [3.8, 4) is 0 Å². The molecule has 2 heterocycles. The minimum atomic E-state index is 0.134. The van der Waals surface area contributed by atoms with Gasteiger partial charge in [-0.2, -0.15) is 0 Å². The van der Waals surface area contributed by atoms with Crippen LogP contribution in [0, 0.1) is 0 Å². The molecule has 3 nitrogen and oxygen atoms in total. The molecule has 1 aromatic heterocycles. The van der Waals surface area contributed by atoms with E-state index in [4.69, 9.17) is 0 Å². The van der Waals surface area contributed by atoms with Crippen molar-refractivity contribution in [1.82, 2.24) is 4.98 Å². The maximum atomic E-state index is 13.2. The lowest BCUT2D eigenvalue weighted by atomic mass is 10.0. The van der Waals surface area contributed by atoms with E-state index in [-0.39, 0.29) is 5.91 Å². The summed E-state index contributed by atoms with van der Waals surface area (Å²) in [5.41, 5.74) is 4.50. The molecule has 0 fully saturated rings. The fraction of sp³-hybridized carbons (Fsp3) is 0.182. The van der Waals surface area contributed by atoms with E-state index in [1.54, 1.807) is 18.0 Å². The van der Waals surface area contributed by atoms with Crippen LogP contribution in [0.1, 0.15) is 17.5 Å². The minimum absolute atomic E-state index is 0.134. The van der Waals surface area contributed by atoms with Crippen molar-refractivity contribution in [1.29, 1.82) is 0 Å². The van der Waals surface area contributed by atoms with Crippen LogP contribution < -0.4 is 4.90 Å². The monoisotopic (exact) mass is 360 g/mol. The lowest BCUT2D eigenvalue weighted by Gasteiger charge is -2.25. The Labute approximate surface area is 158 Å². The number of carbonyl (C=O) groups is 1. The highest BCUT2D eigenvalue weighted by Gasteiger charge is 2.25. The molecule has 1 aliphatic heterocycles. The third-order valence-corrected chi connectivity index (χ3v) is 5.53. The van der Waals surface area contributed by atoms with Crippen molar-refractivity contribution in [2.24, 2.45) is 0 Å². The Kier molecular flexibility index (Phi) is 5.02. The number of aromatic nitrogens is 1. The van der Waals surface area contributed by atoms with Gasteiger partial charge in [-0.3, -0.25) is 9.69 Å². The van der Waals surface area contributed by atoms with Crippen LogP contribution in [0.4, 0.5) is 11.4 Å². The van der Waals surface area contributed by atoms with Crippen LogP contribution in [0.5, 0.6) is 0 Å². The second-order valence-corrected chi connectivity index (χ2v) is 7.37. The number of aryl methyl sites for hydroxylation is 2. The summed E-state index contributed by atoms with van der Waals surface area (Å²) < 4.78 is 0. The Morgan fingerprint density at radius 2 is 1.50 bits per heavy atom. The van der Waals surface area contributed by atoms with Gasteiger partial charge in [0.25, 0.3) is 0 Å². The van der Waals surface area contributed by atoms with E-state index in [0.29, 0.717) is 6.42 Å². The summed E-state index contributed by atoms with van der Waals surface area (Å²) in [6, 6.07) is 22.3. The van der Waals surface area contributed by atoms with Crippen LogP contribution in [-0.4, -0.2) is 16.6 Å². The first-order valence-corrected chi connectivity index (χ1v) is 9.84. The lowest BCUT2D eigenvalue weighted by molar-refractivity contribution is -0.117. The number of para-hydroxylation sites is 2. The normalized spacial score (nSPS) is 12.8. The first-order chi connectivity index (χ1) is 12.8. The maximum absolute atomic E-state index is 13.2. The van der Waals surface area contributed by atoms with Crippen LogP contribution >= 0.6 is 11.8 Å².